The summed E-state index contributed by atoms with van der Waals surface area (Å²) in [6.07, 6.45) is 3.45. The van der Waals surface area contributed by atoms with Gasteiger partial charge in [0.2, 0.25) is 0 Å². The average molecular weight is 360 g/mol. The molecule has 0 N–H and O–H groups in total. The number of nitrogens with zero attached hydrogens (tertiary/aromatic N) is 5. The average Bonchev–Trinajstić information content (AvgIpc) is 2.94. The van der Waals surface area contributed by atoms with E-state index in [2.05, 4.69) is 25.1 Å². The monoisotopic (exact) mass is 359 g/mol. The molecule has 24 heavy (non-hydrogen) atoms. The van der Waals surface area contributed by atoms with Crippen LogP contribution < -0.4 is 4.84 Å². The Balaban J connectivity index is 1.84. The standard InChI is InChI=1S/C16H14ClN5OS/c1-9-7-10(2)20-16(19-9)23-22-11(3)13-14(17)21-15(24-13)12-5-4-6-18-8-12/h4-8H,1-3H3/b22-11+. The Bertz CT molecular complexity index is 874. The van der Waals surface area contributed by atoms with Gasteiger partial charge in [-0.15, -0.1) is 11.3 Å². The van der Waals surface area contributed by atoms with Crippen molar-refractivity contribution < 1.29 is 4.84 Å². The van der Waals surface area contributed by atoms with E-state index in [4.69, 9.17) is 16.4 Å². The van der Waals surface area contributed by atoms with Crippen molar-refractivity contribution >= 4 is 28.6 Å². The predicted octanol–water partition coefficient (Wildman–Crippen LogP) is 4.07. The highest BCUT2D eigenvalue weighted by molar-refractivity contribution is 7.17. The van der Waals surface area contributed by atoms with Gasteiger partial charge in [-0.1, -0.05) is 16.8 Å². The Morgan fingerprint density at radius 1 is 1.21 bits per heavy atom. The van der Waals surface area contributed by atoms with Gasteiger partial charge in [-0.25, -0.2) is 4.98 Å². The minimum atomic E-state index is 0.208. The minimum absolute atomic E-state index is 0.208. The van der Waals surface area contributed by atoms with Crippen LogP contribution >= 0.6 is 22.9 Å². The summed E-state index contributed by atoms with van der Waals surface area (Å²) >= 11 is 7.66. The molecule has 0 aliphatic carbocycles. The Morgan fingerprint density at radius 2 is 1.96 bits per heavy atom. The van der Waals surface area contributed by atoms with Crippen molar-refractivity contribution in [2.75, 3.05) is 0 Å². The Morgan fingerprint density at radius 3 is 2.62 bits per heavy atom. The maximum absolute atomic E-state index is 6.23. The maximum atomic E-state index is 6.23. The minimum Gasteiger partial charge on any atom is -0.315 e. The summed E-state index contributed by atoms with van der Waals surface area (Å²) in [6.45, 7) is 5.55. The van der Waals surface area contributed by atoms with Gasteiger partial charge in [0.05, 0.1) is 10.6 Å². The summed E-state index contributed by atoms with van der Waals surface area (Å²) in [5, 5.41) is 5.23. The van der Waals surface area contributed by atoms with Crippen LogP contribution in [0.25, 0.3) is 10.6 Å². The van der Waals surface area contributed by atoms with Crippen LogP contribution in [0.15, 0.2) is 35.7 Å². The van der Waals surface area contributed by atoms with Gasteiger partial charge < -0.3 is 4.84 Å². The van der Waals surface area contributed by atoms with E-state index in [1.165, 1.54) is 11.3 Å². The van der Waals surface area contributed by atoms with Crippen molar-refractivity contribution in [3.8, 4) is 16.6 Å². The molecule has 0 spiro atoms. The van der Waals surface area contributed by atoms with Crippen molar-refractivity contribution in [3.05, 3.63) is 52.0 Å². The summed E-state index contributed by atoms with van der Waals surface area (Å²) in [6, 6.07) is 5.85. The lowest BCUT2D eigenvalue weighted by Gasteiger charge is -2.01. The topological polar surface area (TPSA) is 73.2 Å². The first-order valence-corrected chi connectivity index (χ1v) is 8.33. The zero-order chi connectivity index (χ0) is 17.1. The van der Waals surface area contributed by atoms with Crippen LogP contribution in [0.5, 0.6) is 6.01 Å². The normalized spacial score (nSPS) is 11.6. The zero-order valence-electron chi connectivity index (χ0n) is 13.3. The van der Waals surface area contributed by atoms with Gasteiger partial charge in [-0.05, 0) is 39.0 Å². The quantitative estimate of drug-likeness (QED) is 0.518. The maximum Gasteiger partial charge on any atom is 0.346 e. The molecule has 0 aliphatic rings. The number of hydrogen-bond acceptors (Lipinski definition) is 7. The van der Waals surface area contributed by atoms with E-state index in [9.17, 15) is 0 Å². The van der Waals surface area contributed by atoms with Crippen LogP contribution in [-0.2, 0) is 0 Å². The molecule has 3 heterocycles. The zero-order valence-corrected chi connectivity index (χ0v) is 14.9. The molecule has 0 aromatic carbocycles. The van der Waals surface area contributed by atoms with Crippen molar-refractivity contribution in [1.29, 1.82) is 0 Å². The van der Waals surface area contributed by atoms with Crippen LogP contribution in [0, 0.1) is 13.8 Å². The SMILES string of the molecule is C/C(=N\Oc1nc(C)cc(C)n1)c1sc(-c2cccnc2)nc1Cl. The highest BCUT2D eigenvalue weighted by atomic mass is 35.5. The largest absolute Gasteiger partial charge is 0.346 e. The predicted molar refractivity (Wildman–Crippen MR) is 94.7 cm³/mol. The highest BCUT2D eigenvalue weighted by Gasteiger charge is 2.14. The van der Waals surface area contributed by atoms with Gasteiger partial charge in [-0.3, -0.25) is 4.98 Å². The third-order valence-electron chi connectivity index (χ3n) is 3.05. The molecular weight excluding hydrogens is 346 g/mol. The first-order valence-electron chi connectivity index (χ1n) is 7.14. The number of halogens is 1. The Hall–Kier alpha value is -2.38. The highest BCUT2D eigenvalue weighted by Crippen LogP contribution is 2.31. The third-order valence-corrected chi connectivity index (χ3v) is 4.65. The molecule has 0 saturated carbocycles. The molecule has 0 aliphatic heterocycles. The molecular formula is C16H14ClN5OS. The van der Waals surface area contributed by atoms with E-state index >= 15 is 0 Å². The lowest BCUT2D eigenvalue weighted by molar-refractivity contribution is 0.311. The Labute approximate surface area is 148 Å². The van der Waals surface area contributed by atoms with Crippen LogP contribution in [-0.4, -0.2) is 25.6 Å². The fourth-order valence-electron chi connectivity index (χ4n) is 2.02. The number of thiazole rings is 1. The lowest BCUT2D eigenvalue weighted by Crippen LogP contribution is -2.00. The van der Waals surface area contributed by atoms with E-state index in [-0.39, 0.29) is 6.01 Å². The van der Waals surface area contributed by atoms with E-state index < -0.39 is 0 Å². The molecule has 8 heteroatoms. The second kappa shape index (κ2) is 7.02. The first-order chi connectivity index (χ1) is 11.5. The van der Waals surface area contributed by atoms with Gasteiger partial charge in [0.1, 0.15) is 10.2 Å². The molecule has 0 fully saturated rings. The van der Waals surface area contributed by atoms with Gasteiger partial charge in [0.25, 0.3) is 0 Å². The number of hydrogen-bond donors (Lipinski definition) is 0. The number of aromatic nitrogens is 4. The van der Waals surface area contributed by atoms with Crippen molar-refractivity contribution in [2.24, 2.45) is 5.16 Å². The summed E-state index contributed by atoms with van der Waals surface area (Å²) in [7, 11) is 0. The molecule has 0 unspecified atom stereocenters. The van der Waals surface area contributed by atoms with Crippen molar-refractivity contribution in [1.82, 2.24) is 19.9 Å². The summed E-state index contributed by atoms with van der Waals surface area (Å²) < 4.78 is 0. The summed E-state index contributed by atoms with van der Waals surface area (Å²) in [5.41, 5.74) is 3.15. The number of pyridine rings is 1. The van der Waals surface area contributed by atoms with E-state index in [1.807, 2.05) is 32.0 Å². The molecule has 0 bridgehead atoms. The second-order valence-corrected chi connectivity index (χ2v) is 6.44. The number of oxime groups is 1. The van der Waals surface area contributed by atoms with Crippen LogP contribution in [0.2, 0.25) is 5.15 Å². The van der Waals surface area contributed by atoms with E-state index in [1.54, 1.807) is 19.3 Å². The van der Waals surface area contributed by atoms with Crippen molar-refractivity contribution in [2.45, 2.75) is 20.8 Å². The van der Waals surface area contributed by atoms with Gasteiger partial charge >= 0.3 is 6.01 Å². The number of aryl methyl sites for hydroxylation is 2. The lowest BCUT2D eigenvalue weighted by atomic mass is 10.3. The second-order valence-electron chi connectivity index (χ2n) is 5.08. The van der Waals surface area contributed by atoms with Crippen molar-refractivity contribution in [3.63, 3.8) is 0 Å². The molecule has 3 aromatic rings. The third kappa shape index (κ3) is 3.74. The molecule has 0 amide bonds. The van der Waals surface area contributed by atoms with Gasteiger partial charge in [0, 0.05) is 29.3 Å². The smallest absolute Gasteiger partial charge is 0.315 e. The fourth-order valence-corrected chi connectivity index (χ4v) is 3.29. The van der Waals surface area contributed by atoms with Crippen LogP contribution in [0.4, 0.5) is 0 Å². The Kier molecular flexibility index (Phi) is 4.82. The van der Waals surface area contributed by atoms with Crippen LogP contribution in [0.1, 0.15) is 23.2 Å². The van der Waals surface area contributed by atoms with E-state index in [0.717, 1.165) is 26.8 Å². The number of rotatable bonds is 4. The molecule has 3 aromatic heterocycles. The summed E-state index contributed by atoms with van der Waals surface area (Å²) in [4.78, 5) is 22.9. The molecule has 0 saturated heterocycles. The van der Waals surface area contributed by atoms with Gasteiger partial charge in [0.15, 0.2) is 0 Å². The molecule has 0 radical (unpaired) electrons. The molecule has 0 atom stereocenters. The summed E-state index contributed by atoms with van der Waals surface area (Å²) in [5.74, 6) is 0. The van der Waals surface area contributed by atoms with Gasteiger partial charge in [-0.2, -0.15) is 9.97 Å². The molecule has 3 rings (SSSR count). The molecule has 122 valence electrons. The van der Waals surface area contributed by atoms with Crippen LogP contribution in [0.3, 0.4) is 0 Å². The fraction of sp³-hybridized carbons (Fsp3) is 0.188. The van der Waals surface area contributed by atoms with E-state index in [0.29, 0.717) is 10.9 Å². The molecule has 6 nitrogen and oxygen atoms in total. The first kappa shape index (κ1) is 16.5.